The Labute approximate surface area is 96.0 Å². The molecule has 0 amide bonds. The van der Waals surface area contributed by atoms with Gasteiger partial charge in [0, 0.05) is 11.6 Å². The molecule has 0 fully saturated rings. The van der Waals surface area contributed by atoms with Crippen LogP contribution in [0.4, 0.5) is 5.69 Å². The maximum Gasteiger partial charge on any atom is 0.119 e. The lowest BCUT2D eigenvalue weighted by Crippen LogP contribution is -2.02. The number of rotatable bonds is 3. The van der Waals surface area contributed by atoms with E-state index in [0.717, 1.165) is 17.1 Å². The van der Waals surface area contributed by atoms with Gasteiger partial charge in [-0.25, -0.2) is 0 Å². The van der Waals surface area contributed by atoms with Crippen LogP contribution in [-0.2, 0) is 0 Å². The van der Waals surface area contributed by atoms with Crippen LogP contribution in [0.5, 0.6) is 5.75 Å². The first-order chi connectivity index (χ1) is 7.79. The van der Waals surface area contributed by atoms with Crippen LogP contribution >= 0.6 is 0 Å². The summed E-state index contributed by atoms with van der Waals surface area (Å²) < 4.78 is 5.10. The Morgan fingerprint density at radius 2 is 1.75 bits per heavy atom. The molecular weight excluding hydrogens is 198 g/mol. The molecular formula is C14H15NO. The van der Waals surface area contributed by atoms with Crippen LogP contribution in [0.1, 0.15) is 6.92 Å². The van der Waals surface area contributed by atoms with E-state index < -0.39 is 0 Å². The Balaban J connectivity index is 2.15. The molecule has 0 unspecified atom stereocenters. The topological polar surface area (TPSA) is 21.6 Å². The van der Waals surface area contributed by atoms with Gasteiger partial charge in [0.05, 0.1) is 12.8 Å². The fourth-order valence-electron chi connectivity index (χ4n) is 1.65. The highest BCUT2D eigenvalue weighted by Crippen LogP contribution is 2.20. The first-order valence-electron chi connectivity index (χ1n) is 5.34. The molecule has 16 heavy (non-hydrogen) atoms. The van der Waals surface area contributed by atoms with Crippen LogP contribution in [0.25, 0.3) is 0 Å². The second kappa shape index (κ2) is 4.79. The average Bonchev–Trinajstić information content (AvgIpc) is 2.83. The molecule has 0 saturated heterocycles. The van der Waals surface area contributed by atoms with Crippen molar-refractivity contribution < 1.29 is 4.74 Å². The van der Waals surface area contributed by atoms with Crippen molar-refractivity contribution in [1.82, 2.24) is 0 Å². The zero-order valence-electron chi connectivity index (χ0n) is 9.55. The molecule has 1 aromatic rings. The van der Waals surface area contributed by atoms with Gasteiger partial charge in [0.2, 0.25) is 0 Å². The summed E-state index contributed by atoms with van der Waals surface area (Å²) in [6.45, 7) is 2.05. The minimum Gasteiger partial charge on any atom is -0.497 e. The third kappa shape index (κ3) is 2.40. The van der Waals surface area contributed by atoms with Crippen LogP contribution < -0.4 is 4.74 Å². The molecule has 1 aromatic carbocycles. The van der Waals surface area contributed by atoms with E-state index in [2.05, 4.69) is 36.2 Å². The summed E-state index contributed by atoms with van der Waals surface area (Å²) in [5.41, 5.74) is 2.07. The molecule has 0 aromatic heterocycles. The molecule has 0 heterocycles. The second-order valence-corrected chi connectivity index (χ2v) is 3.75. The van der Waals surface area contributed by atoms with Crippen molar-refractivity contribution >= 4 is 11.4 Å². The quantitative estimate of drug-likeness (QED) is 0.704. The van der Waals surface area contributed by atoms with Crippen molar-refractivity contribution in [3.05, 3.63) is 48.6 Å². The molecule has 1 aliphatic carbocycles. The van der Waals surface area contributed by atoms with Crippen molar-refractivity contribution in [1.29, 1.82) is 0 Å². The highest BCUT2D eigenvalue weighted by molar-refractivity contribution is 5.90. The molecule has 2 nitrogen and oxygen atoms in total. The van der Waals surface area contributed by atoms with Gasteiger partial charge in [-0.3, -0.25) is 4.99 Å². The lowest BCUT2D eigenvalue weighted by molar-refractivity contribution is 0.415. The number of ether oxygens (including phenoxy) is 1. The number of hydrogen-bond donors (Lipinski definition) is 0. The van der Waals surface area contributed by atoms with Crippen LogP contribution in [0.3, 0.4) is 0 Å². The predicted octanol–water partition coefficient (Wildman–Crippen LogP) is 3.53. The fraction of sp³-hybridized carbons (Fsp3) is 0.214. The van der Waals surface area contributed by atoms with Crippen LogP contribution in [0, 0.1) is 5.92 Å². The number of methoxy groups -OCH3 is 1. The Bertz CT molecular complexity index is 428. The van der Waals surface area contributed by atoms with Gasteiger partial charge in [-0.1, -0.05) is 24.3 Å². The maximum absolute atomic E-state index is 5.10. The summed E-state index contributed by atoms with van der Waals surface area (Å²) in [6.07, 6.45) is 8.39. The molecule has 2 heteroatoms. The molecule has 2 rings (SSSR count). The van der Waals surface area contributed by atoms with Gasteiger partial charge in [0.15, 0.2) is 0 Å². The number of hydrogen-bond acceptors (Lipinski definition) is 2. The maximum atomic E-state index is 5.10. The van der Waals surface area contributed by atoms with Gasteiger partial charge in [0.25, 0.3) is 0 Å². The molecule has 0 saturated carbocycles. The van der Waals surface area contributed by atoms with Gasteiger partial charge < -0.3 is 4.74 Å². The van der Waals surface area contributed by atoms with Crippen molar-refractivity contribution in [2.45, 2.75) is 6.92 Å². The Hall–Kier alpha value is -1.83. The fourth-order valence-corrected chi connectivity index (χ4v) is 1.65. The molecule has 0 radical (unpaired) electrons. The van der Waals surface area contributed by atoms with Crippen molar-refractivity contribution in [3.8, 4) is 5.75 Å². The third-order valence-electron chi connectivity index (χ3n) is 2.61. The van der Waals surface area contributed by atoms with E-state index >= 15 is 0 Å². The summed E-state index contributed by atoms with van der Waals surface area (Å²) in [7, 11) is 1.66. The van der Waals surface area contributed by atoms with Crippen molar-refractivity contribution in [2.75, 3.05) is 7.11 Å². The number of aliphatic imine (C=N–C) groups is 1. The summed E-state index contributed by atoms with van der Waals surface area (Å²) in [5.74, 6) is 1.21. The molecule has 0 bridgehead atoms. The number of allylic oxidation sites excluding steroid dienone is 4. The lowest BCUT2D eigenvalue weighted by atomic mass is 10.1. The SMILES string of the molecule is COc1ccc(N=C(C)C2C=CC=C2)cc1. The van der Waals surface area contributed by atoms with Gasteiger partial charge in [-0.05, 0) is 31.2 Å². The van der Waals surface area contributed by atoms with E-state index in [1.165, 1.54) is 0 Å². The molecule has 0 spiro atoms. The number of nitrogens with zero attached hydrogens (tertiary/aromatic N) is 1. The largest absolute Gasteiger partial charge is 0.497 e. The zero-order chi connectivity index (χ0) is 11.4. The smallest absolute Gasteiger partial charge is 0.119 e. The first kappa shape index (κ1) is 10.7. The van der Waals surface area contributed by atoms with E-state index in [0.29, 0.717) is 5.92 Å². The van der Waals surface area contributed by atoms with E-state index in [9.17, 15) is 0 Å². The van der Waals surface area contributed by atoms with E-state index in [-0.39, 0.29) is 0 Å². The third-order valence-corrected chi connectivity index (χ3v) is 2.61. The monoisotopic (exact) mass is 213 g/mol. The molecule has 0 N–H and O–H groups in total. The summed E-state index contributed by atoms with van der Waals surface area (Å²) in [4.78, 5) is 4.58. The predicted molar refractivity (Wildman–Crippen MR) is 67.5 cm³/mol. The standard InChI is InChI=1S/C14H15NO/c1-11(12-5-3-4-6-12)15-13-7-9-14(16-2)10-8-13/h3-10,12H,1-2H3. The molecule has 1 aliphatic rings. The first-order valence-corrected chi connectivity index (χ1v) is 5.34. The Kier molecular flexibility index (Phi) is 3.20. The van der Waals surface area contributed by atoms with Crippen LogP contribution in [-0.4, -0.2) is 12.8 Å². The molecule has 0 aliphatic heterocycles. The highest BCUT2D eigenvalue weighted by Gasteiger charge is 2.06. The normalized spacial score (nSPS) is 15.8. The van der Waals surface area contributed by atoms with Crippen molar-refractivity contribution in [2.24, 2.45) is 10.9 Å². The minimum atomic E-state index is 0.349. The van der Waals surface area contributed by atoms with Gasteiger partial charge in [-0.2, -0.15) is 0 Å². The number of benzene rings is 1. The lowest BCUT2D eigenvalue weighted by Gasteiger charge is -2.05. The van der Waals surface area contributed by atoms with E-state index in [4.69, 9.17) is 4.74 Å². The average molecular weight is 213 g/mol. The van der Waals surface area contributed by atoms with Gasteiger partial charge in [-0.15, -0.1) is 0 Å². The zero-order valence-corrected chi connectivity index (χ0v) is 9.55. The molecule has 0 atom stereocenters. The van der Waals surface area contributed by atoms with E-state index in [1.807, 2.05) is 24.3 Å². The van der Waals surface area contributed by atoms with Crippen LogP contribution in [0.2, 0.25) is 0 Å². The minimum absolute atomic E-state index is 0.349. The van der Waals surface area contributed by atoms with Crippen molar-refractivity contribution in [3.63, 3.8) is 0 Å². The highest BCUT2D eigenvalue weighted by atomic mass is 16.5. The summed E-state index contributed by atoms with van der Waals surface area (Å²) >= 11 is 0. The second-order valence-electron chi connectivity index (χ2n) is 3.75. The van der Waals surface area contributed by atoms with Gasteiger partial charge in [0.1, 0.15) is 5.75 Å². The van der Waals surface area contributed by atoms with Crippen LogP contribution in [0.15, 0.2) is 53.6 Å². The molecule has 82 valence electrons. The van der Waals surface area contributed by atoms with Gasteiger partial charge >= 0.3 is 0 Å². The summed E-state index contributed by atoms with van der Waals surface area (Å²) in [6, 6.07) is 7.77. The Morgan fingerprint density at radius 1 is 1.12 bits per heavy atom. The van der Waals surface area contributed by atoms with E-state index in [1.54, 1.807) is 7.11 Å². The Morgan fingerprint density at radius 3 is 2.31 bits per heavy atom. The summed E-state index contributed by atoms with van der Waals surface area (Å²) in [5, 5.41) is 0.